The van der Waals surface area contributed by atoms with Gasteiger partial charge < -0.3 is 5.32 Å². The van der Waals surface area contributed by atoms with E-state index in [1.807, 2.05) is 11.3 Å². The van der Waals surface area contributed by atoms with Gasteiger partial charge in [0.1, 0.15) is 0 Å². The van der Waals surface area contributed by atoms with Crippen LogP contribution in [0.3, 0.4) is 0 Å². The van der Waals surface area contributed by atoms with Crippen LogP contribution in [-0.4, -0.2) is 30.1 Å². The van der Waals surface area contributed by atoms with Crippen LogP contribution in [0.1, 0.15) is 30.2 Å². The first-order valence-corrected chi connectivity index (χ1v) is 7.16. The van der Waals surface area contributed by atoms with Crippen LogP contribution in [0.4, 0.5) is 0 Å². The Morgan fingerprint density at radius 2 is 2.50 bits per heavy atom. The van der Waals surface area contributed by atoms with Crippen LogP contribution in [0.2, 0.25) is 0 Å². The fourth-order valence-corrected chi connectivity index (χ4v) is 3.92. The summed E-state index contributed by atoms with van der Waals surface area (Å²) in [6.07, 6.45) is 3.93. The second-order valence-electron chi connectivity index (χ2n) is 5.42. The molecule has 88 valence electrons. The third-order valence-electron chi connectivity index (χ3n) is 3.92. The average Bonchev–Trinajstić information content (AvgIpc) is 2.86. The molecule has 1 aromatic heterocycles. The highest BCUT2D eigenvalue weighted by Crippen LogP contribution is 2.27. The molecule has 1 unspecified atom stereocenters. The minimum absolute atomic E-state index is 0.369. The molecule has 3 heteroatoms. The van der Waals surface area contributed by atoms with E-state index in [1.165, 1.54) is 38.9 Å². The van der Waals surface area contributed by atoms with Crippen molar-refractivity contribution >= 4 is 11.3 Å². The third kappa shape index (κ3) is 2.04. The van der Waals surface area contributed by atoms with Gasteiger partial charge >= 0.3 is 0 Å². The Bertz CT molecular complexity index is 366. The van der Waals surface area contributed by atoms with Gasteiger partial charge in [0.2, 0.25) is 0 Å². The predicted octanol–water partition coefficient (Wildman–Crippen LogP) is 2.25. The summed E-state index contributed by atoms with van der Waals surface area (Å²) in [6, 6.07) is 2.30. The summed E-state index contributed by atoms with van der Waals surface area (Å²) >= 11 is 1.93. The second-order valence-corrected chi connectivity index (χ2v) is 6.42. The van der Waals surface area contributed by atoms with Gasteiger partial charge in [0.25, 0.3) is 0 Å². The maximum atomic E-state index is 3.66. The van der Waals surface area contributed by atoms with Crippen LogP contribution in [0, 0.1) is 0 Å². The van der Waals surface area contributed by atoms with E-state index in [4.69, 9.17) is 0 Å². The van der Waals surface area contributed by atoms with Gasteiger partial charge in [-0.2, -0.15) is 0 Å². The van der Waals surface area contributed by atoms with E-state index in [1.54, 1.807) is 10.4 Å². The normalized spacial score (nSPS) is 30.6. The molecule has 1 atom stereocenters. The Morgan fingerprint density at radius 3 is 3.31 bits per heavy atom. The molecule has 0 aromatic carbocycles. The van der Waals surface area contributed by atoms with Crippen molar-refractivity contribution in [1.29, 1.82) is 0 Å². The minimum atomic E-state index is 0.369. The van der Waals surface area contributed by atoms with Crippen molar-refractivity contribution in [3.8, 4) is 0 Å². The minimum Gasteiger partial charge on any atom is -0.310 e. The van der Waals surface area contributed by atoms with Gasteiger partial charge in [-0.15, -0.1) is 11.3 Å². The van der Waals surface area contributed by atoms with Crippen molar-refractivity contribution in [2.24, 2.45) is 0 Å². The van der Waals surface area contributed by atoms with Gasteiger partial charge in [-0.3, -0.25) is 4.90 Å². The van der Waals surface area contributed by atoms with E-state index in [0.717, 1.165) is 6.54 Å². The number of hydrogen-bond donors (Lipinski definition) is 1. The number of hydrogen-bond acceptors (Lipinski definition) is 3. The molecule has 2 aliphatic heterocycles. The standard InChI is InChI=1S/C13H20N2S/c1-13(5-2-6-14-13)10-15-7-3-12-11(9-15)4-8-16-12/h4,8,14H,2-3,5-7,9-10H2,1H3. The molecule has 0 amide bonds. The molecule has 1 fully saturated rings. The van der Waals surface area contributed by atoms with E-state index >= 15 is 0 Å². The number of thiophene rings is 1. The summed E-state index contributed by atoms with van der Waals surface area (Å²) in [5.74, 6) is 0. The smallest absolute Gasteiger partial charge is 0.0281 e. The second kappa shape index (κ2) is 4.13. The summed E-state index contributed by atoms with van der Waals surface area (Å²) in [6.45, 7) is 7.19. The first-order valence-electron chi connectivity index (χ1n) is 6.28. The van der Waals surface area contributed by atoms with Crippen molar-refractivity contribution < 1.29 is 0 Å². The average molecular weight is 236 g/mol. The molecule has 2 nitrogen and oxygen atoms in total. The van der Waals surface area contributed by atoms with Crippen molar-refractivity contribution in [2.45, 2.75) is 38.3 Å². The first kappa shape index (κ1) is 10.8. The molecule has 0 spiro atoms. The van der Waals surface area contributed by atoms with Crippen LogP contribution in [0.15, 0.2) is 11.4 Å². The van der Waals surface area contributed by atoms with Gasteiger partial charge in [0.15, 0.2) is 0 Å². The van der Waals surface area contributed by atoms with Crippen LogP contribution in [0.5, 0.6) is 0 Å². The summed E-state index contributed by atoms with van der Waals surface area (Å²) in [5, 5.41) is 5.90. The summed E-state index contributed by atoms with van der Waals surface area (Å²) in [7, 11) is 0. The van der Waals surface area contributed by atoms with Gasteiger partial charge in [-0.1, -0.05) is 0 Å². The molecular weight excluding hydrogens is 216 g/mol. The van der Waals surface area contributed by atoms with Gasteiger partial charge in [0, 0.05) is 30.1 Å². The van der Waals surface area contributed by atoms with Gasteiger partial charge in [-0.05, 0) is 49.7 Å². The van der Waals surface area contributed by atoms with Gasteiger partial charge in [-0.25, -0.2) is 0 Å². The van der Waals surface area contributed by atoms with Crippen LogP contribution < -0.4 is 5.32 Å². The molecule has 0 aliphatic carbocycles. The fraction of sp³-hybridized carbons (Fsp3) is 0.692. The van der Waals surface area contributed by atoms with Crippen molar-refractivity contribution in [2.75, 3.05) is 19.6 Å². The van der Waals surface area contributed by atoms with Crippen molar-refractivity contribution in [3.05, 3.63) is 21.9 Å². The molecule has 1 aromatic rings. The Hall–Kier alpha value is -0.380. The zero-order chi connectivity index (χ0) is 11.0. The summed E-state index contributed by atoms with van der Waals surface area (Å²) in [4.78, 5) is 4.23. The molecule has 16 heavy (non-hydrogen) atoms. The van der Waals surface area contributed by atoms with Crippen LogP contribution in [0.25, 0.3) is 0 Å². The quantitative estimate of drug-likeness (QED) is 0.847. The SMILES string of the molecule is CC1(CN2CCc3sccc3C2)CCCN1. The molecule has 3 rings (SSSR count). The molecule has 0 bridgehead atoms. The zero-order valence-electron chi connectivity index (χ0n) is 9.96. The van der Waals surface area contributed by atoms with E-state index in [0.29, 0.717) is 5.54 Å². The van der Waals surface area contributed by atoms with Gasteiger partial charge in [0.05, 0.1) is 0 Å². The first-order chi connectivity index (χ1) is 7.75. The highest BCUT2D eigenvalue weighted by atomic mass is 32.1. The lowest BCUT2D eigenvalue weighted by atomic mass is 9.98. The lowest BCUT2D eigenvalue weighted by Gasteiger charge is -2.35. The van der Waals surface area contributed by atoms with Crippen LogP contribution in [-0.2, 0) is 13.0 Å². The topological polar surface area (TPSA) is 15.3 Å². The monoisotopic (exact) mass is 236 g/mol. The molecule has 1 saturated heterocycles. The fourth-order valence-electron chi connectivity index (χ4n) is 3.03. The summed E-state index contributed by atoms with van der Waals surface area (Å²) in [5.41, 5.74) is 1.94. The maximum Gasteiger partial charge on any atom is 0.0281 e. The van der Waals surface area contributed by atoms with Crippen molar-refractivity contribution in [1.82, 2.24) is 10.2 Å². The lowest BCUT2D eigenvalue weighted by Crippen LogP contribution is -2.48. The van der Waals surface area contributed by atoms with Crippen LogP contribution >= 0.6 is 11.3 Å². The largest absolute Gasteiger partial charge is 0.310 e. The lowest BCUT2D eigenvalue weighted by molar-refractivity contribution is 0.190. The Balaban J connectivity index is 1.65. The van der Waals surface area contributed by atoms with E-state index in [-0.39, 0.29) is 0 Å². The van der Waals surface area contributed by atoms with Crippen molar-refractivity contribution in [3.63, 3.8) is 0 Å². The summed E-state index contributed by atoms with van der Waals surface area (Å²) < 4.78 is 0. The maximum absolute atomic E-state index is 3.66. The molecule has 2 aliphatic rings. The Labute approximate surface area is 102 Å². The number of nitrogens with one attached hydrogen (secondary N) is 1. The highest BCUT2D eigenvalue weighted by molar-refractivity contribution is 7.10. The van der Waals surface area contributed by atoms with E-state index in [2.05, 4.69) is 28.6 Å². The van der Waals surface area contributed by atoms with E-state index < -0.39 is 0 Å². The molecule has 0 radical (unpaired) electrons. The van der Waals surface area contributed by atoms with E-state index in [9.17, 15) is 0 Å². The Kier molecular flexibility index (Phi) is 2.78. The highest BCUT2D eigenvalue weighted by Gasteiger charge is 2.31. The Morgan fingerprint density at radius 1 is 1.56 bits per heavy atom. The predicted molar refractivity (Wildman–Crippen MR) is 68.9 cm³/mol. The molecule has 0 saturated carbocycles. The zero-order valence-corrected chi connectivity index (χ0v) is 10.8. The molecule has 3 heterocycles. The molecule has 1 N–H and O–H groups in total. The molecular formula is C13H20N2S. The number of fused-ring (bicyclic) bond motifs is 1. The number of rotatable bonds is 2. The number of nitrogens with zero attached hydrogens (tertiary/aromatic N) is 1. The third-order valence-corrected chi connectivity index (χ3v) is 4.94.